The van der Waals surface area contributed by atoms with Gasteiger partial charge < -0.3 is 0 Å². The van der Waals surface area contributed by atoms with E-state index in [-0.39, 0.29) is 23.5 Å². The van der Waals surface area contributed by atoms with Gasteiger partial charge in [0.05, 0.1) is 0 Å². The van der Waals surface area contributed by atoms with Crippen LogP contribution < -0.4 is 0 Å². The smallest absolute Gasteiger partial charge is 0.147 e. The maximum atomic E-state index is 2.38. The van der Waals surface area contributed by atoms with E-state index in [0.29, 0.717) is 0 Å². The van der Waals surface area contributed by atoms with Crippen molar-refractivity contribution in [3.63, 3.8) is 0 Å². The Kier molecular flexibility index (Phi) is 5.63. The Hall–Kier alpha value is 0.964. The normalized spacial score (nSPS) is 12.9. The van der Waals surface area contributed by atoms with Crippen LogP contribution in [0.4, 0.5) is 0 Å². The fourth-order valence-corrected chi connectivity index (χ4v) is 1.01. The van der Waals surface area contributed by atoms with Gasteiger partial charge in [0.25, 0.3) is 0 Å². The van der Waals surface area contributed by atoms with Crippen molar-refractivity contribution < 1.29 is 20.7 Å². The first kappa shape index (κ1) is 14.5. The van der Waals surface area contributed by atoms with Crippen molar-refractivity contribution in [2.75, 3.05) is 0 Å². The second-order valence-electron chi connectivity index (χ2n) is 4.68. The molecule has 0 aliphatic carbocycles. The molecule has 0 aromatic rings. The topological polar surface area (TPSA) is 3.24 Å². The van der Waals surface area contributed by atoms with Crippen LogP contribution in [0.5, 0.6) is 0 Å². The minimum Gasteiger partial charge on any atom is -0.147 e. The first-order valence-electron chi connectivity index (χ1n) is 3.67. The Labute approximate surface area is 89.0 Å². The maximum Gasteiger partial charge on any atom is -0.147 e. The van der Waals surface area contributed by atoms with Gasteiger partial charge in [-0.2, -0.15) is 0 Å². The number of nitrogens with zero attached hydrogens (tertiary/aromatic N) is 1. The van der Waals surface area contributed by atoms with Gasteiger partial charge in [0.1, 0.15) is 0 Å². The molecule has 0 radical (unpaired) electrons. The molecule has 0 amide bonds. The average Bonchev–Trinajstić information content (AvgIpc) is 1.59. The molecular weight excluding hydrogens is 193 g/mol. The molecular formula is C8H19ClNTi. The van der Waals surface area contributed by atoms with Crippen LogP contribution in [0.3, 0.4) is 0 Å². The summed E-state index contributed by atoms with van der Waals surface area (Å²) in [6.07, 6.45) is 0. The molecule has 0 saturated heterocycles. The number of hydrogen-bond donors (Lipinski definition) is 0. The molecule has 0 aromatic carbocycles. The monoisotopic (exact) mass is 212 g/mol. The third-order valence-corrected chi connectivity index (χ3v) is 3.44. The van der Waals surface area contributed by atoms with Crippen LogP contribution in [0.25, 0.3) is 0 Å². The summed E-state index contributed by atoms with van der Waals surface area (Å²) in [6.45, 7) is 13.4. The van der Waals surface area contributed by atoms with Gasteiger partial charge in [-0.25, -0.2) is 0 Å². The molecule has 0 N–H and O–H groups in total. The molecule has 3 heteroatoms. The first-order chi connectivity index (χ1) is 4.15. The molecule has 0 atom stereocenters. The second-order valence-corrected chi connectivity index (χ2v) is 5.38. The molecule has 0 fully saturated rings. The van der Waals surface area contributed by atoms with Gasteiger partial charge in [-0.3, -0.25) is 0 Å². The van der Waals surface area contributed by atoms with E-state index in [1.807, 2.05) is 0 Å². The third kappa shape index (κ3) is 5.24. The Morgan fingerprint density at radius 1 is 0.818 bits per heavy atom. The summed E-state index contributed by atoms with van der Waals surface area (Å²) in [7, 11) is 0. The van der Waals surface area contributed by atoms with Gasteiger partial charge >= 0.3 is 76.7 Å². The van der Waals surface area contributed by atoms with Gasteiger partial charge in [0.2, 0.25) is 0 Å². The van der Waals surface area contributed by atoms with Crippen LogP contribution in [0, 0.1) is 0 Å². The van der Waals surface area contributed by atoms with Crippen molar-refractivity contribution >= 4 is 12.4 Å². The average molecular weight is 213 g/mol. The Morgan fingerprint density at radius 3 is 1.00 bits per heavy atom. The summed E-state index contributed by atoms with van der Waals surface area (Å²) in [5.74, 6) is 0. The molecule has 67 valence electrons. The largest absolute Gasteiger partial charge is 0.147 e. The number of hydrogen-bond acceptors (Lipinski definition) is 1. The quantitative estimate of drug-likeness (QED) is 0.558. The molecule has 0 aliphatic rings. The molecule has 0 unspecified atom stereocenters. The van der Waals surface area contributed by atoms with Gasteiger partial charge in [-0.15, -0.1) is 12.4 Å². The van der Waals surface area contributed by atoms with E-state index >= 15 is 0 Å². The molecule has 1 nitrogen and oxygen atoms in total. The van der Waals surface area contributed by atoms with Crippen molar-refractivity contribution in [1.82, 2.24) is 3.38 Å². The summed E-state index contributed by atoms with van der Waals surface area (Å²) in [4.78, 5) is 0. The zero-order valence-electron chi connectivity index (χ0n) is 8.36. The third-order valence-electron chi connectivity index (χ3n) is 1.34. The molecule has 0 aromatic heterocycles. The fourth-order valence-electron chi connectivity index (χ4n) is 1.01. The zero-order chi connectivity index (χ0) is 8.58. The van der Waals surface area contributed by atoms with Crippen LogP contribution in [-0.2, 0) is 20.7 Å². The van der Waals surface area contributed by atoms with E-state index in [1.54, 1.807) is 0 Å². The van der Waals surface area contributed by atoms with Crippen LogP contribution in [-0.4, -0.2) is 14.5 Å². The molecule has 0 heterocycles. The Bertz CT molecular complexity index is 98.2. The maximum absolute atomic E-state index is 2.38. The fraction of sp³-hybridized carbons (Fsp3) is 1.00. The molecule has 0 rings (SSSR count). The van der Waals surface area contributed by atoms with Crippen molar-refractivity contribution in [3.05, 3.63) is 0 Å². The predicted molar refractivity (Wildman–Crippen MR) is 48.6 cm³/mol. The molecule has 0 aliphatic heterocycles. The molecule has 0 saturated carbocycles. The van der Waals surface area contributed by atoms with Crippen LogP contribution in [0.1, 0.15) is 41.5 Å². The van der Waals surface area contributed by atoms with E-state index in [9.17, 15) is 0 Å². The minimum absolute atomic E-state index is 0. The summed E-state index contributed by atoms with van der Waals surface area (Å²) in [6, 6.07) is 0. The van der Waals surface area contributed by atoms with Crippen LogP contribution in [0.2, 0.25) is 0 Å². The van der Waals surface area contributed by atoms with Crippen molar-refractivity contribution in [2.45, 2.75) is 52.6 Å². The minimum atomic E-state index is 0. The van der Waals surface area contributed by atoms with Crippen LogP contribution >= 0.6 is 12.4 Å². The van der Waals surface area contributed by atoms with Crippen molar-refractivity contribution in [3.8, 4) is 0 Å². The zero-order valence-corrected chi connectivity index (χ0v) is 10.7. The predicted octanol–water partition coefficient (Wildman–Crippen LogP) is 2.77. The van der Waals surface area contributed by atoms with Gasteiger partial charge in [-0.1, -0.05) is 0 Å². The number of rotatable bonds is 0. The molecule has 0 spiro atoms. The van der Waals surface area contributed by atoms with Crippen molar-refractivity contribution in [1.29, 1.82) is 0 Å². The van der Waals surface area contributed by atoms with E-state index in [1.165, 1.54) is 0 Å². The molecule has 11 heavy (non-hydrogen) atoms. The first-order valence-corrected chi connectivity index (χ1v) is 4.37. The van der Waals surface area contributed by atoms with Gasteiger partial charge in [0, 0.05) is 0 Å². The summed E-state index contributed by atoms with van der Waals surface area (Å²) in [5, 5.41) is 0. The van der Waals surface area contributed by atoms with Gasteiger partial charge in [-0.05, 0) is 0 Å². The Balaban J connectivity index is 0. The second kappa shape index (κ2) is 4.27. The van der Waals surface area contributed by atoms with E-state index in [4.69, 9.17) is 0 Å². The number of halogens is 1. The SMILES string of the molecule is CC(C)(C)[N]([Ti])C(C)(C)C.Cl. The van der Waals surface area contributed by atoms with E-state index < -0.39 is 0 Å². The summed E-state index contributed by atoms with van der Waals surface area (Å²) >= 11 is 2.17. The van der Waals surface area contributed by atoms with Crippen LogP contribution in [0.15, 0.2) is 0 Å². The standard InChI is InChI=1S/C8H18N.ClH.Ti/c1-7(2,3)9-8(4,5)6;;/h1-6H3;1H;/q-1;;+1. The summed E-state index contributed by atoms with van der Waals surface area (Å²) < 4.78 is 2.38. The summed E-state index contributed by atoms with van der Waals surface area (Å²) in [5.41, 5.74) is 0.552. The molecule has 0 bridgehead atoms. The van der Waals surface area contributed by atoms with Gasteiger partial charge in [0.15, 0.2) is 0 Å². The van der Waals surface area contributed by atoms with E-state index in [0.717, 1.165) is 0 Å². The van der Waals surface area contributed by atoms with Crippen molar-refractivity contribution in [2.24, 2.45) is 0 Å². The Morgan fingerprint density at radius 2 is 1.00 bits per heavy atom. The van der Waals surface area contributed by atoms with E-state index in [2.05, 4.69) is 65.6 Å².